The zero-order valence-electron chi connectivity index (χ0n) is 15.2. The topological polar surface area (TPSA) is 94.5 Å². The van der Waals surface area contributed by atoms with Gasteiger partial charge in [0.1, 0.15) is 0 Å². The fourth-order valence-corrected chi connectivity index (χ4v) is 3.99. The Hall–Kier alpha value is -2.62. The average molecular weight is 400 g/mol. The van der Waals surface area contributed by atoms with Crippen molar-refractivity contribution in [3.8, 4) is 11.4 Å². The summed E-state index contributed by atoms with van der Waals surface area (Å²) in [6.07, 6.45) is 2.40. The first kappa shape index (κ1) is 18.7. The highest BCUT2D eigenvalue weighted by Gasteiger charge is 2.22. The van der Waals surface area contributed by atoms with Crippen LogP contribution in [-0.4, -0.2) is 39.2 Å². The summed E-state index contributed by atoms with van der Waals surface area (Å²) in [6.45, 7) is 2.96. The zero-order chi connectivity index (χ0) is 19.3. The van der Waals surface area contributed by atoms with Gasteiger partial charge in [-0.2, -0.15) is 4.98 Å². The lowest BCUT2D eigenvalue weighted by atomic mass is 10.2. The number of ether oxygens (including phenoxy) is 1. The van der Waals surface area contributed by atoms with Crippen molar-refractivity contribution in [2.75, 3.05) is 13.2 Å². The van der Waals surface area contributed by atoms with Crippen LogP contribution in [0, 0.1) is 10.1 Å². The molecule has 1 atom stereocenters. The number of non-ortho nitro benzene ring substituents is 1. The smallest absolute Gasteiger partial charge is 0.269 e. The molecule has 0 N–H and O–H groups in total. The van der Waals surface area contributed by atoms with Gasteiger partial charge in [0.15, 0.2) is 0 Å². The maximum absolute atomic E-state index is 10.8. The van der Waals surface area contributed by atoms with Gasteiger partial charge in [0.25, 0.3) is 5.69 Å². The van der Waals surface area contributed by atoms with Crippen LogP contribution in [0.2, 0.25) is 0 Å². The van der Waals surface area contributed by atoms with Crippen LogP contribution in [0.1, 0.15) is 23.6 Å². The lowest BCUT2D eigenvalue weighted by Gasteiger charge is -2.23. The second kappa shape index (κ2) is 8.59. The van der Waals surface area contributed by atoms with E-state index in [1.807, 2.05) is 6.07 Å². The van der Waals surface area contributed by atoms with Crippen LogP contribution >= 0.6 is 11.3 Å². The Kier molecular flexibility index (Phi) is 5.75. The van der Waals surface area contributed by atoms with Crippen molar-refractivity contribution in [2.45, 2.75) is 32.0 Å². The molecule has 1 saturated heterocycles. The van der Waals surface area contributed by atoms with Crippen molar-refractivity contribution >= 4 is 17.0 Å². The van der Waals surface area contributed by atoms with Crippen LogP contribution in [0.3, 0.4) is 0 Å². The quantitative estimate of drug-likeness (QED) is 0.418. The van der Waals surface area contributed by atoms with Crippen molar-refractivity contribution in [3.63, 3.8) is 0 Å². The third kappa shape index (κ3) is 4.61. The van der Waals surface area contributed by atoms with E-state index >= 15 is 0 Å². The molecule has 0 amide bonds. The molecule has 3 aromatic rings. The maximum Gasteiger partial charge on any atom is 0.269 e. The molecule has 0 radical (unpaired) electrons. The van der Waals surface area contributed by atoms with Crippen molar-refractivity contribution in [1.29, 1.82) is 0 Å². The molecule has 1 aromatic carbocycles. The van der Waals surface area contributed by atoms with E-state index in [1.165, 1.54) is 17.0 Å². The number of hydrogen-bond acceptors (Lipinski definition) is 8. The molecule has 3 heterocycles. The van der Waals surface area contributed by atoms with Crippen LogP contribution in [-0.2, 0) is 17.8 Å². The Morgan fingerprint density at radius 1 is 1.25 bits per heavy atom. The molecule has 28 heavy (non-hydrogen) atoms. The van der Waals surface area contributed by atoms with E-state index in [1.54, 1.807) is 23.5 Å². The first-order chi connectivity index (χ1) is 13.7. The van der Waals surface area contributed by atoms with E-state index in [2.05, 4.69) is 26.5 Å². The van der Waals surface area contributed by atoms with E-state index < -0.39 is 4.92 Å². The van der Waals surface area contributed by atoms with Gasteiger partial charge in [0.05, 0.1) is 17.6 Å². The number of rotatable bonds is 8. The van der Waals surface area contributed by atoms with Crippen molar-refractivity contribution in [3.05, 3.63) is 62.7 Å². The molecule has 1 fully saturated rings. The summed E-state index contributed by atoms with van der Waals surface area (Å²) in [4.78, 5) is 18.4. The summed E-state index contributed by atoms with van der Waals surface area (Å²) in [5, 5.41) is 16.9. The molecule has 9 heteroatoms. The molecule has 2 aromatic heterocycles. The molecule has 0 unspecified atom stereocenters. The van der Waals surface area contributed by atoms with Crippen molar-refractivity contribution in [2.24, 2.45) is 0 Å². The van der Waals surface area contributed by atoms with E-state index in [0.29, 0.717) is 23.8 Å². The molecule has 146 valence electrons. The SMILES string of the molecule is O=[N+]([O-])c1ccc(-c2noc(CN(Cc3cccs3)C[C@@H]3CCCO3)n2)cc1. The average Bonchev–Trinajstić information content (AvgIpc) is 3.45. The van der Waals surface area contributed by atoms with Crippen LogP contribution in [0.5, 0.6) is 0 Å². The number of benzene rings is 1. The Bertz CT molecular complexity index is 904. The molecule has 8 nitrogen and oxygen atoms in total. The fourth-order valence-electron chi connectivity index (χ4n) is 3.24. The van der Waals surface area contributed by atoms with E-state index in [4.69, 9.17) is 9.26 Å². The third-order valence-electron chi connectivity index (χ3n) is 4.61. The van der Waals surface area contributed by atoms with Gasteiger partial charge < -0.3 is 9.26 Å². The number of thiophene rings is 1. The Balaban J connectivity index is 1.46. The minimum atomic E-state index is -0.432. The molecule has 1 aliphatic rings. The second-order valence-electron chi connectivity index (χ2n) is 6.70. The zero-order valence-corrected chi connectivity index (χ0v) is 16.0. The van der Waals surface area contributed by atoms with Crippen LogP contribution < -0.4 is 0 Å². The van der Waals surface area contributed by atoms with Gasteiger partial charge in [-0.15, -0.1) is 11.3 Å². The third-order valence-corrected chi connectivity index (χ3v) is 5.47. The number of hydrogen-bond donors (Lipinski definition) is 0. The van der Waals surface area contributed by atoms with Crippen LogP contribution in [0.4, 0.5) is 5.69 Å². The first-order valence-electron chi connectivity index (χ1n) is 9.11. The molecular formula is C19H20N4O4S. The molecule has 0 bridgehead atoms. The summed E-state index contributed by atoms with van der Waals surface area (Å²) in [7, 11) is 0. The van der Waals surface area contributed by atoms with Crippen molar-refractivity contribution in [1.82, 2.24) is 15.0 Å². The summed E-state index contributed by atoms with van der Waals surface area (Å²) in [5.74, 6) is 0.945. The standard InChI is InChI=1S/C19H20N4O4S/c24-23(25)15-7-5-14(6-8-15)19-20-18(27-21-19)13-22(11-16-3-1-9-26-16)12-17-4-2-10-28-17/h2,4-8,10,16H,1,3,9,11-13H2/t16-/m0/s1. The molecular weight excluding hydrogens is 380 g/mol. The summed E-state index contributed by atoms with van der Waals surface area (Å²) in [5.41, 5.74) is 0.718. The summed E-state index contributed by atoms with van der Waals surface area (Å²) < 4.78 is 11.2. The highest BCUT2D eigenvalue weighted by Crippen LogP contribution is 2.22. The number of aromatic nitrogens is 2. The summed E-state index contributed by atoms with van der Waals surface area (Å²) in [6, 6.07) is 10.3. The Labute approximate surface area is 165 Å². The van der Waals surface area contributed by atoms with E-state index in [-0.39, 0.29) is 11.8 Å². The van der Waals surface area contributed by atoms with Gasteiger partial charge in [0.2, 0.25) is 11.7 Å². The number of nitro groups is 1. The lowest BCUT2D eigenvalue weighted by molar-refractivity contribution is -0.384. The normalized spacial score (nSPS) is 16.7. The monoisotopic (exact) mass is 400 g/mol. The predicted octanol–water partition coefficient (Wildman–Crippen LogP) is 3.89. The maximum atomic E-state index is 10.8. The first-order valence-corrected chi connectivity index (χ1v) is 9.99. The number of nitro benzene ring substituents is 1. The largest absolute Gasteiger partial charge is 0.377 e. The number of nitrogens with zero attached hydrogens (tertiary/aromatic N) is 4. The van der Waals surface area contributed by atoms with Crippen LogP contribution in [0.25, 0.3) is 11.4 Å². The van der Waals surface area contributed by atoms with Gasteiger partial charge >= 0.3 is 0 Å². The fraction of sp³-hybridized carbons (Fsp3) is 0.368. The Morgan fingerprint density at radius 3 is 2.79 bits per heavy atom. The summed E-state index contributed by atoms with van der Waals surface area (Å²) >= 11 is 1.72. The van der Waals surface area contributed by atoms with Crippen molar-refractivity contribution < 1.29 is 14.2 Å². The minimum Gasteiger partial charge on any atom is -0.377 e. The lowest BCUT2D eigenvalue weighted by Crippen LogP contribution is -2.31. The molecule has 1 aliphatic heterocycles. The second-order valence-corrected chi connectivity index (χ2v) is 7.73. The Morgan fingerprint density at radius 2 is 2.11 bits per heavy atom. The molecule has 0 aliphatic carbocycles. The van der Waals surface area contributed by atoms with Gasteiger partial charge in [0, 0.05) is 42.3 Å². The van der Waals surface area contributed by atoms with Gasteiger partial charge in [-0.25, -0.2) is 0 Å². The van der Waals surface area contributed by atoms with E-state index in [0.717, 1.165) is 32.5 Å². The molecule has 4 rings (SSSR count). The predicted molar refractivity (Wildman–Crippen MR) is 104 cm³/mol. The minimum absolute atomic E-state index is 0.0335. The van der Waals surface area contributed by atoms with Crippen LogP contribution in [0.15, 0.2) is 46.3 Å². The van der Waals surface area contributed by atoms with Gasteiger partial charge in [-0.1, -0.05) is 11.2 Å². The highest BCUT2D eigenvalue weighted by atomic mass is 32.1. The van der Waals surface area contributed by atoms with Gasteiger partial charge in [-0.3, -0.25) is 15.0 Å². The molecule has 0 spiro atoms. The van der Waals surface area contributed by atoms with E-state index in [9.17, 15) is 10.1 Å². The van der Waals surface area contributed by atoms with Gasteiger partial charge in [-0.05, 0) is 36.4 Å². The highest BCUT2D eigenvalue weighted by molar-refractivity contribution is 7.09. The molecule has 0 saturated carbocycles.